The highest BCUT2D eigenvalue weighted by molar-refractivity contribution is 7.80. The monoisotopic (exact) mass is 311 g/mol. The predicted octanol–water partition coefficient (Wildman–Crippen LogP) is 0.976. The molecule has 0 aromatic heterocycles. The first-order chi connectivity index (χ1) is 9.97. The standard InChI is InChI=1S/C13H17N3O4S/c1-8(15-16-13(21)14-2)9-4-5-10(11(6-9)19-3)20-7-12(17)18/h4-6H,7H2,1-3H3,(H,17,18)(H2,14,16,21)/b15-8-. The van der Waals surface area contributed by atoms with Crippen molar-refractivity contribution >= 4 is 29.0 Å². The highest BCUT2D eigenvalue weighted by Gasteiger charge is 2.09. The molecule has 0 aliphatic rings. The smallest absolute Gasteiger partial charge is 0.341 e. The lowest BCUT2D eigenvalue weighted by Crippen LogP contribution is -2.29. The number of carbonyl (C=O) groups is 1. The van der Waals surface area contributed by atoms with Crippen molar-refractivity contribution in [1.82, 2.24) is 10.7 Å². The van der Waals surface area contributed by atoms with Crippen LogP contribution >= 0.6 is 12.2 Å². The van der Waals surface area contributed by atoms with Crippen molar-refractivity contribution in [3.05, 3.63) is 23.8 Å². The van der Waals surface area contributed by atoms with Gasteiger partial charge < -0.3 is 19.9 Å². The summed E-state index contributed by atoms with van der Waals surface area (Å²) in [4.78, 5) is 10.5. The zero-order valence-electron chi connectivity index (χ0n) is 12.0. The number of rotatable bonds is 6. The van der Waals surface area contributed by atoms with E-state index in [0.29, 0.717) is 22.3 Å². The molecule has 0 aliphatic heterocycles. The Morgan fingerprint density at radius 3 is 2.71 bits per heavy atom. The third-order valence-electron chi connectivity index (χ3n) is 2.48. The van der Waals surface area contributed by atoms with Crippen LogP contribution in [0.2, 0.25) is 0 Å². The number of benzene rings is 1. The fourth-order valence-electron chi connectivity index (χ4n) is 1.41. The van der Waals surface area contributed by atoms with Crippen LogP contribution in [0.1, 0.15) is 12.5 Å². The van der Waals surface area contributed by atoms with Gasteiger partial charge in [-0.15, -0.1) is 0 Å². The van der Waals surface area contributed by atoms with Gasteiger partial charge in [-0.1, -0.05) is 0 Å². The van der Waals surface area contributed by atoms with E-state index in [1.807, 2.05) is 0 Å². The maximum Gasteiger partial charge on any atom is 0.341 e. The molecule has 1 aromatic rings. The van der Waals surface area contributed by atoms with Gasteiger partial charge in [-0.05, 0) is 37.3 Å². The van der Waals surface area contributed by atoms with Crippen molar-refractivity contribution in [2.45, 2.75) is 6.92 Å². The van der Waals surface area contributed by atoms with E-state index < -0.39 is 12.6 Å². The molecule has 0 aliphatic carbocycles. The topological polar surface area (TPSA) is 92.2 Å². The number of hydrazone groups is 1. The van der Waals surface area contributed by atoms with Crippen LogP contribution in [0, 0.1) is 0 Å². The molecule has 0 atom stereocenters. The summed E-state index contributed by atoms with van der Waals surface area (Å²) in [5.74, 6) is -0.265. The molecule has 8 heteroatoms. The minimum Gasteiger partial charge on any atom is -0.493 e. The van der Waals surface area contributed by atoms with Crippen LogP contribution < -0.4 is 20.2 Å². The molecule has 114 valence electrons. The number of thiocarbonyl (C=S) groups is 1. The Hall–Kier alpha value is -2.35. The SMILES string of the molecule is CNC(=S)N/N=C(/C)c1ccc(OCC(=O)O)c(OC)c1. The Bertz CT molecular complexity index is 560. The molecular formula is C13H17N3O4S. The van der Waals surface area contributed by atoms with Crippen molar-refractivity contribution in [3.8, 4) is 11.5 Å². The van der Waals surface area contributed by atoms with Crippen molar-refractivity contribution in [2.24, 2.45) is 5.10 Å². The van der Waals surface area contributed by atoms with Crippen LogP contribution in [0.15, 0.2) is 23.3 Å². The third-order valence-corrected chi connectivity index (χ3v) is 2.78. The molecule has 3 N–H and O–H groups in total. The van der Waals surface area contributed by atoms with Gasteiger partial charge in [0, 0.05) is 12.6 Å². The Kier molecular flexibility index (Phi) is 6.41. The van der Waals surface area contributed by atoms with Crippen LogP contribution in [-0.2, 0) is 4.79 Å². The molecule has 0 bridgehead atoms. The second-order valence-corrected chi connectivity index (χ2v) is 4.34. The summed E-state index contributed by atoms with van der Waals surface area (Å²) in [6, 6.07) is 5.09. The molecule has 1 rings (SSSR count). The number of aliphatic carboxylic acids is 1. The molecule has 0 saturated heterocycles. The normalized spacial score (nSPS) is 10.7. The van der Waals surface area contributed by atoms with Crippen LogP contribution in [0.5, 0.6) is 11.5 Å². The largest absolute Gasteiger partial charge is 0.493 e. The minimum atomic E-state index is -1.05. The first kappa shape index (κ1) is 16.7. The number of methoxy groups -OCH3 is 1. The highest BCUT2D eigenvalue weighted by Crippen LogP contribution is 2.28. The molecule has 0 unspecified atom stereocenters. The molecule has 0 fully saturated rings. The van der Waals surface area contributed by atoms with Crippen molar-refractivity contribution in [3.63, 3.8) is 0 Å². The molecule has 21 heavy (non-hydrogen) atoms. The van der Waals surface area contributed by atoms with E-state index >= 15 is 0 Å². The van der Waals surface area contributed by atoms with Gasteiger partial charge in [0.05, 0.1) is 12.8 Å². The Balaban J connectivity index is 2.90. The summed E-state index contributed by atoms with van der Waals surface area (Å²) in [7, 11) is 3.17. The molecule has 1 aromatic carbocycles. The van der Waals surface area contributed by atoms with E-state index in [-0.39, 0.29) is 0 Å². The van der Waals surface area contributed by atoms with Crippen molar-refractivity contribution < 1.29 is 19.4 Å². The molecule has 0 radical (unpaired) electrons. The minimum absolute atomic E-state index is 0.357. The van der Waals surface area contributed by atoms with E-state index in [0.717, 1.165) is 5.56 Å². The second kappa shape index (κ2) is 8.05. The van der Waals surface area contributed by atoms with Gasteiger partial charge in [-0.2, -0.15) is 5.10 Å². The van der Waals surface area contributed by atoms with Crippen LogP contribution in [0.4, 0.5) is 0 Å². The van der Waals surface area contributed by atoms with E-state index in [1.165, 1.54) is 7.11 Å². The lowest BCUT2D eigenvalue weighted by molar-refractivity contribution is -0.139. The Morgan fingerprint density at radius 2 is 2.14 bits per heavy atom. The molecule has 0 amide bonds. The lowest BCUT2D eigenvalue weighted by Gasteiger charge is -2.11. The summed E-state index contributed by atoms with van der Waals surface area (Å²) in [5.41, 5.74) is 4.16. The molecule has 0 heterocycles. The number of carboxylic acids is 1. The van der Waals surface area contributed by atoms with Crippen molar-refractivity contribution in [2.75, 3.05) is 20.8 Å². The number of hydrogen-bond acceptors (Lipinski definition) is 5. The summed E-state index contributed by atoms with van der Waals surface area (Å²) in [5, 5.41) is 15.9. The zero-order chi connectivity index (χ0) is 15.8. The highest BCUT2D eigenvalue weighted by atomic mass is 32.1. The number of hydrogen-bond donors (Lipinski definition) is 3. The Morgan fingerprint density at radius 1 is 1.43 bits per heavy atom. The molecule has 0 saturated carbocycles. The fraction of sp³-hybridized carbons (Fsp3) is 0.308. The second-order valence-electron chi connectivity index (χ2n) is 3.94. The van der Waals surface area contributed by atoms with Crippen LogP contribution in [0.3, 0.4) is 0 Å². The van der Waals surface area contributed by atoms with Gasteiger partial charge in [0.1, 0.15) is 0 Å². The summed E-state index contributed by atoms with van der Waals surface area (Å²) in [6.07, 6.45) is 0. The number of nitrogens with one attached hydrogen (secondary N) is 2. The van der Waals surface area contributed by atoms with Crippen LogP contribution in [-0.4, -0.2) is 42.7 Å². The van der Waals surface area contributed by atoms with Gasteiger partial charge >= 0.3 is 5.97 Å². The third kappa shape index (κ3) is 5.27. The van der Waals surface area contributed by atoms with Gasteiger partial charge in [0.15, 0.2) is 23.2 Å². The number of ether oxygens (including phenoxy) is 2. The summed E-state index contributed by atoms with van der Waals surface area (Å²) >= 11 is 4.92. The van der Waals surface area contributed by atoms with Crippen LogP contribution in [0.25, 0.3) is 0 Å². The maximum atomic E-state index is 10.5. The van der Waals surface area contributed by atoms with Gasteiger partial charge in [-0.3, -0.25) is 5.43 Å². The average Bonchev–Trinajstić information content (AvgIpc) is 2.49. The first-order valence-corrected chi connectivity index (χ1v) is 6.43. The predicted molar refractivity (Wildman–Crippen MR) is 83.1 cm³/mol. The maximum absolute atomic E-state index is 10.5. The van der Waals surface area contributed by atoms with Gasteiger partial charge in [-0.25, -0.2) is 4.79 Å². The van der Waals surface area contributed by atoms with E-state index in [2.05, 4.69) is 15.8 Å². The van der Waals surface area contributed by atoms with Crippen molar-refractivity contribution in [1.29, 1.82) is 0 Å². The van der Waals surface area contributed by atoms with E-state index in [1.54, 1.807) is 32.2 Å². The quantitative estimate of drug-likeness (QED) is 0.410. The Labute approximate surface area is 127 Å². The van der Waals surface area contributed by atoms with E-state index in [9.17, 15) is 4.79 Å². The number of carboxylic acid groups (broad SMARTS) is 1. The zero-order valence-corrected chi connectivity index (χ0v) is 12.8. The summed E-state index contributed by atoms with van der Waals surface area (Å²) < 4.78 is 10.3. The van der Waals surface area contributed by atoms with Gasteiger partial charge in [0.25, 0.3) is 0 Å². The first-order valence-electron chi connectivity index (χ1n) is 6.03. The number of nitrogens with zero attached hydrogens (tertiary/aromatic N) is 1. The summed E-state index contributed by atoms with van der Waals surface area (Å²) in [6.45, 7) is 1.37. The molecule has 7 nitrogen and oxygen atoms in total. The molecular weight excluding hydrogens is 294 g/mol. The van der Waals surface area contributed by atoms with Gasteiger partial charge in [0.2, 0.25) is 0 Å². The fourth-order valence-corrected chi connectivity index (χ4v) is 1.45. The average molecular weight is 311 g/mol. The van der Waals surface area contributed by atoms with E-state index in [4.69, 9.17) is 26.8 Å². The lowest BCUT2D eigenvalue weighted by atomic mass is 10.1. The molecule has 0 spiro atoms.